The number of ether oxygens (including phenoxy) is 1. The molecule has 10 nitrogen and oxygen atoms in total. The van der Waals surface area contributed by atoms with Crippen LogP contribution in [0.4, 0.5) is 5.69 Å². The zero-order valence-corrected chi connectivity index (χ0v) is 17.2. The van der Waals surface area contributed by atoms with Gasteiger partial charge in [0.05, 0.1) is 10.6 Å². The van der Waals surface area contributed by atoms with Gasteiger partial charge < -0.3 is 4.74 Å². The number of hydrogen-bond acceptors (Lipinski definition) is 6. The van der Waals surface area contributed by atoms with E-state index in [1.807, 2.05) is 26.0 Å². The fourth-order valence-electron chi connectivity index (χ4n) is 2.70. The van der Waals surface area contributed by atoms with Crippen molar-refractivity contribution in [2.45, 2.75) is 26.9 Å². The van der Waals surface area contributed by atoms with E-state index in [9.17, 15) is 19.7 Å². The molecule has 0 aliphatic carbocycles. The van der Waals surface area contributed by atoms with Crippen LogP contribution in [-0.4, -0.2) is 32.6 Å². The van der Waals surface area contributed by atoms with Crippen molar-refractivity contribution in [3.63, 3.8) is 0 Å². The topological polar surface area (TPSA) is 128 Å². The summed E-state index contributed by atoms with van der Waals surface area (Å²) in [6.45, 7) is 5.42. The van der Waals surface area contributed by atoms with E-state index in [-0.39, 0.29) is 11.4 Å². The summed E-state index contributed by atoms with van der Waals surface area (Å²) < 4.78 is 7.08. The lowest BCUT2D eigenvalue weighted by Gasteiger charge is -2.17. The molecule has 2 aromatic carbocycles. The summed E-state index contributed by atoms with van der Waals surface area (Å²) in [7, 11) is 0. The lowest BCUT2D eigenvalue weighted by atomic mass is 10.1. The second kappa shape index (κ2) is 9.08. The molecule has 160 valence electrons. The first kappa shape index (κ1) is 21.5. The van der Waals surface area contributed by atoms with Crippen molar-refractivity contribution in [3.05, 3.63) is 81.7 Å². The highest BCUT2D eigenvalue weighted by molar-refractivity contribution is 5.94. The number of amides is 2. The number of non-ortho nitro benzene ring substituents is 1. The van der Waals surface area contributed by atoms with Gasteiger partial charge in [-0.1, -0.05) is 12.1 Å². The molecule has 0 aliphatic rings. The van der Waals surface area contributed by atoms with Crippen LogP contribution >= 0.6 is 0 Å². The summed E-state index contributed by atoms with van der Waals surface area (Å²) in [5.74, 6) is -0.548. The Balaban J connectivity index is 1.57. The molecule has 1 atom stereocenters. The van der Waals surface area contributed by atoms with Crippen LogP contribution in [0, 0.1) is 24.0 Å². The van der Waals surface area contributed by atoms with Crippen LogP contribution in [0.3, 0.4) is 0 Å². The summed E-state index contributed by atoms with van der Waals surface area (Å²) >= 11 is 0. The molecule has 2 N–H and O–H groups in total. The molecule has 31 heavy (non-hydrogen) atoms. The second-order valence-electron chi connectivity index (χ2n) is 6.82. The van der Waals surface area contributed by atoms with Gasteiger partial charge in [-0.25, -0.2) is 4.68 Å². The Morgan fingerprint density at radius 3 is 2.48 bits per heavy atom. The number of nitrogens with one attached hydrogen (secondary N) is 2. The van der Waals surface area contributed by atoms with Crippen LogP contribution < -0.4 is 15.6 Å². The predicted molar refractivity (Wildman–Crippen MR) is 112 cm³/mol. The Kier molecular flexibility index (Phi) is 6.29. The number of nitrogens with zero attached hydrogens (tertiary/aromatic N) is 3. The van der Waals surface area contributed by atoms with Crippen molar-refractivity contribution in [1.82, 2.24) is 20.6 Å². The monoisotopic (exact) mass is 423 g/mol. The molecule has 0 spiro atoms. The molecule has 1 unspecified atom stereocenters. The SMILES string of the molecule is Cc1cccc(OC(C)C(=O)NNC(=O)c2ccn(-c3ccc([N+](=O)[O-])cc3)n2)c1C. The van der Waals surface area contributed by atoms with E-state index in [4.69, 9.17) is 4.74 Å². The molecule has 1 heterocycles. The van der Waals surface area contributed by atoms with Gasteiger partial charge in [0, 0.05) is 18.3 Å². The van der Waals surface area contributed by atoms with Gasteiger partial charge in [0.2, 0.25) is 0 Å². The zero-order valence-electron chi connectivity index (χ0n) is 17.2. The molecule has 3 aromatic rings. The van der Waals surface area contributed by atoms with Crippen molar-refractivity contribution >= 4 is 17.5 Å². The van der Waals surface area contributed by atoms with Gasteiger partial charge in [-0.15, -0.1) is 0 Å². The van der Waals surface area contributed by atoms with Gasteiger partial charge >= 0.3 is 0 Å². The van der Waals surface area contributed by atoms with Gasteiger partial charge in [-0.2, -0.15) is 5.10 Å². The highest BCUT2D eigenvalue weighted by Crippen LogP contribution is 2.21. The molecule has 0 bridgehead atoms. The molecule has 0 fully saturated rings. The number of benzene rings is 2. The average molecular weight is 423 g/mol. The van der Waals surface area contributed by atoms with Crippen LogP contribution in [-0.2, 0) is 4.79 Å². The van der Waals surface area contributed by atoms with Gasteiger partial charge in [0.25, 0.3) is 17.5 Å². The molecular weight excluding hydrogens is 402 g/mol. The predicted octanol–water partition coefficient (Wildman–Crippen LogP) is 2.63. The van der Waals surface area contributed by atoms with Crippen LogP contribution in [0.2, 0.25) is 0 Å². The molecule has 1 aromatic heterocycles. The Labute approximate surface area is 178 Å². The van der Waals surface area contributed by atoms with E-state index in [1.165, 1.54) is 41.2 Å². The highest BCUT2D eigenvalue weighted by Gasteiger charge is 2.18. The van der Waals surface area contributed by atoms with Crippen LogP contribution in [0.1, 0.15) is 28.5 Å². The maximum Gasteiger partial charge on any atom is 0.290 e. The number of carbonyl (C=O) groups is 2. The second-order valence-corrected chi connectivity index (χ2v) is 6.82. The number of hydrogen-bond donors (Lipinski definition) is 2. The van der Waals surface area contributed by atoms with Crippen LogP contribution in [0.25, 0.3) is 5.69 Å². The Hall–Kier alpha value is -4.21. The van der Waals surface area contributed by atoms with E-state index in [0.717, 1.165) is 11.1 Å². The molecule has 0 saturated heterocycles. The minimum absolute atomic E-state index is 0.0474. The number of nitro benzene ring substituents is 1. The lowest BCUT2D eigenvalue weighted by Crippen LogP contribution is -2.47. The molecule has 2 amide bonds. The van der Waals surface area contributed by atoms with Crippen LogP contribution in [0.5, 0.6) is 5.75 Å². The fourth-order valence-corrected chi connectivity index (χ4v) is 2.70. The first-order chi connectivity index (χ1) is 14.8. The van der Waals surface area contributed by atoms with E-state index in [1.54, 1.807) is 13.0 Å². The summed E-state index contributed by atoms with van der Waals surface area (Å²) in [4.78, 5) is 34.8. The summed E-state index contributed by atoms with van der Waals surface area (Å²) in [5, 5.41) is 14.9. The van der Waals surface area contributed by atoms with Gasteiger partial charge in [0.1, 0.15) is 5.75 Å². The quantitative estimate of drug-likeness (QED) is 0.463. The Bertz CT molecular complexity index is 1120. The summed E-state index contributed by atoms with van der Waals surface area (Å²) in [5.41, 5.74) is 7.15. The van der Waals surface area contributed by atoms with Crippen molar-refractivity contribution in [2.75, 3.05) is 0 Å². The Morgan fingerprint density at radius 1 is 1.10 bits per heavy atom. The summed E-state index contributed by atoms with van der Waals surface area (Å²) in [6.07, 6.45) is 0.697. The summed E-state index contributed by atoms with van der Waals surface area (Å²) in [6, 6.07) is 12.7. The van der Waals surface area contributed by atoms with Crippen LogP contribution in [0.15, 0.2) is 54.7 Å². The minimum atomic E-state index is -0.835. The first-order valence-corrected chi connectivity index (χ1v) is 9.40. The maximum atomic E-state index is 12.3. The molecule has 0 aliphatic heterocycles. The van der Waals surface area contributed by atoms with E-state index in [0.29, 0.717) is 11.4 Å². The van der Waals surface area contributed by atoms with Crippen molar-refractivity contribution in [3.8, 4) is 11.4 Å². The Morgan fingerprint density at radius 2 is 1.81 bits per heavy atom. The minimum Gasteiger partial charge on any atom is -0.481 e. The van der Waals surface area contributed by atoms with Crippen molar-refractivity contribution in [1.29, 1.82) is 0 Å². The molecular formula is C21H21N5O5. The van der Waals surface area contributed by atoms with Crippen molar-refractivity contribution < 1.29 is 19.2 Å². The zero-order chi connectivity index (χ0) is 22.5. The third-order valence-corrected chi connectivity index (χ3v) is 4.67. The normalized spacial score (nSPS) is 11.5. The highest BCUT2D eigenvalue weighted by atomic mass is 16.6. The maximum absolute atomic E-state index is 12.3. The van der Waals surface area contributed by atoms with Crippen molar-refractivity contribution in [2.24, 2.45) is 0 Å². The molecule has 10 heteroatoms. The largest absolute Gasteiger partial charge is 0.481 e. The third-order valence-electron chi connectivity index (χ3n) is 4.67. The van der Waals surface area contributed by atoms with E-state index >= 15 is 0 Å². The van der Waals surface area contributed by atoms with Gasteiger partial charge in [0.15, 0.2) is 11.8 Å². The fraction of sp³-hybridized carbons (Fsp3) is 0.190. The third kappa shape index (κ3) is 5.04. The number of aromatic nitrogens is 2. The number of aryl methyl sites for hydroxylation is 1. The van der Waals surface area contributed by atoms with Gasteiger partial charge in [-0.05, 0) is 56.2 Å². The lowest BCUT2D eigenvalue weighted by molar-refractivity contribution is -0.384. The number of nitro groups is 1. The average Bonchev–Trinajstić information content (AvgIpc) is 3.25. The number of carbonyl (C=O) groups excluding carboxylic acids is 2. The van der Waals surface area contributed by atoms with E-state index < -0.39 is 22.8 Å². The molecule has 0 saturated carbocycles. The van der Waals surface area contributed by atoms with E-state index in [2.05, 4.69) is 16.0 Å². The molecule has 0 radical (unpaired) electrons. The standard InChI is InChI=1S/C21H21N5O5/c1-13-5-4-6-19(14(13)2)31-15(3)20(27)22-23-21(28)18-11-12-25(24-18)16-7-9-17(10-8-16)26(29)30/h4-12,15H,1-3H3,(H,22,27)(H,23,28). The molecule has 3 rings (SSSR count). The number of hydrazine groups is 1. The smallest absolute Gasteiger partial charge is 0.290 e. The first-order valence-electron chi connectivity index (χ1n) is 9.40. The van der Waals surface area contributed by atoms with Gasteiger partial charge in [-0.3, -0.25) is 30.6 Å². The number of rotatable bonds is 6.